The molecule has 1 heterocycles. The molecule has 0 saturated heterocycles. The van der Waals surface area contributed by atoms with Crippen molar-refractivity contribution in [3.63, 3.8) is 0 Å². The van der Waals surface area contributed by atoms with Gasteiger partial charge in [-0.3, -0.25) is 9.78 Å². The molecule has 0 atom stereocenters. The molecule has 1 amide bonds. The number of rotatable bonds is 5. The molecule has 5 nitrogen and oxygen atoms in total. The van der Waals surface area contributed by atoms with E-state index >= 15 is 0 Å². The standard InChI is InChI=1S/C12H20N4O/c1-13-11-5-6-14-9-10(11)12(17)16(4)8-7-15(2)3/h5-6,9H,7-8H2,1-4H3,(H,13,14). The van der Waals surface area contributed by atoms with Crippen LogP contribution in [-0.2, 0) is 0 Å². The van der Waals surface area contributed by atoms with E-state index in [2.05, 4.69) is 10.3 Å². The molecule has 1 aromatic rings. The normalized spacial score (nSPS) is 10.4. The lowest BCUT2D eigenvalue weighted by Crippen LogP contribution is -2.33. The van der Waals surface area contributed by atoms with E-state index < -0.39 is 0 Å². The van der Waals surface area contributed by atoms with Crippen molar-refractivity contribution in [1.29, 1.82) is 0 Å². The molecule has 0 spiro atoms. The number of carbonyl (C=O) groups is 1. The van der Waals surface area contributed by atoms with Crippen molar-refractivity contribution in [1.82, 2.24) is 14.8 Å². The number of nitrogens with one attached hydrogen (secondary N) is 1. The van der Waals surface area contributed by atoms with Crippen LogP contribution in [-0.4, -0.2) is 62.0 Å². The molecular formula is C12H20N4O. The number of hydrogen-bond acceptors (Lipinski definition) is 4. The Hall–Kier alpha value is -1.62. The van der Waals surface area contributed by atoms with E-state index in [0.717, 1.165) is 12.2 Å². The van der Waals surface area contributed by atoms with Gasteiger partial charge in [0.1, 0.15) is 0 Å². The fourth-order valence-electron chi connectivity index (χ4n) is 1.44. The highest BCUT2D eigenvalue weighted by atomic mass is 16.2. The molecule has 0 bridgehead atoms. The van der Waals surface area contributed by atoms with Gasteiger partial charge in [0.2, 0.25) is 0 Å². The third-order valence-electron chi connectivity index (χ3n) is 2.55. The molecule has 1 rings (SSSR count). The Morgan fingerprint density at radius 3 is 2.65 bits per heavy atom. The van der Waals surface area contributed by atoms with Crippen molar-refractivity contribution in [3.8, 4) is 0 Å². The number of nitrogens with zero attached hydrogens (tertiary/aromatic N) is 3. The molecule has 94 valence electrons. The summed E-state index contributed by atoms with van der Waals surface area (Å²) in [4.78, 5) is 19.9. The Labute approximate surface area is 102 Å². The minimum atomic E-state index is -0.00991. The Morgan fingerprint density at radius 1 is 1.35 bits per heavy atom. The zero-order valence-electron chi connectivity index (χ0n) is 10.9. The van der Waals surface area contributed by atoms with Gasteiger partial charge in [0, 0.05) is 45.3 Å². The largest absolute Gasteiger partial charge is 0.387 e. The number of amides is 1. The molecule has 0 fully saturated rings. The first-order valence-corrected chi connectivity index (χ1v) is 5.58. The van der Waals surface area contributed by atoms with Crippen LogP contribution < -0.4 is 5.32 Å². The number of pyridine rings is 1. The minimum Gasteiger partial charge on any atom is -0.387 e. The quantitative estimate of drug-likeness (QED) is 0.820. The van der Waals surface area contributed by atoms with Crippen LogP contribution in [0.5, 0.6) is 0 Å². The first-order chi connectivity index (χ1) is 8.06. The van der Waals surface area contributed by atoms with Gasteiger partial charge >= 0.3 is 0 Å². The van der Waals surface area contributed by atoms with Crippen molar-refractivity contribution in [2.75, 3.05) is 46.6 Å². The summed E-state index contributed by atoms with van der Waals surface area (Å²) in [6.45, 7) is 1.54. The second-order valence-corrected chi connectivity index (χ2v) is 4.20. The van der Waals surface area contributed by atoms with Gasteiger partial charge in [0.05, 0.1) is 5.56 Å². The van der Waals surface area contributed by atoms with E-state index in [-0.39, 0.29) is 5.91 Å². The van der Waals surface area contributed by atoms with Crippen molar-refractivity contribution in [2.45, 2.75) is 0 Å². The van der Waals surface area contributed by atoms with Gasteiger partial charge in [-0.25, -0.2) is 0 Å². The van der Waals surface area contributed by atoms with Gasteiger partial charge in [-0.2, -0.15) is 0 Å². The molecule has 5 heteroatoms. The van der Waals surface area contributed by atoms with E-state index in [0.29, 0.717) is 12.1 Å². The lowest BCUT2D eigenvalue weighted by molar-refractivity contribution is 0.0787. The van der Waals surface area contributed by atoms with Gasteiger partial charge in [0.25, 0.3) is 5.91 Å². The summed E-state index contributed by atoms with van der Waals surface area (Å²) in [5.74, 6) is -0.00991. The number of anilines is 1. The van der Waals surface area contributed by atoms with E-state index in [9.17, 15) is 4.79 Å². The lowest BCUT2D eigenvalue weighted by Gasteiger charge is -2.20. The van der Waals surface area contributed by atoms with Crippen LogP contribution in [0.3, 0.4) is 0 Å². The molecule has 0 aliphatic heterocycles. The monoisotopic (exact) mass is 236 g/mol. The molecule has 1 N–H and O–H groups in total. The predicted molar refractivity (Wildman–Crippen MR) is 69.3 cm³/mol. The topological polar surface area (TPSA) is 48.5 Å². The fraction of sp³-hybridized carbons (Fsp3) is 0.500. The zero-order chi connectivity index (χ0) is 12.8. The van der Waals surface area contributed by atoms with Crippen LogP contribution in [0.1, 0.15) is 10.4 Å². The summed E-state index contributed by atoms with van der Waals surface area (Å²) in [5.41, 5.74) is 1.41. The Morgan fingerprint density at radius 2 is 2.06 bits per heavy atom. The third kappa shape index (κ3) is 3.71. The summed E-state index contributed by atoms with van der Waals surface area (Å²) >= 11 is 0. The second-order valence-electron chi connectivity index (χ2n) is 4.20. The second kappa shape index (κ2) is 6.20. The Bertz CT molecular complexity index is 379. The van der Waals surface area contributed by atoms with E-state index in [1.54, 1.807) is 37.5 Å². The zero-order valence-corrected chi connectivity index (χ0v) is 10.9. The molecule has 0 unspecified atom stereocenters. The summed E-state index contributed by atoms with van der Waals surface area (Å²) in [7, 11) is 7.58. The minimum absolute atomic E-state index is 0.00991. The number of carbonyl (C=O) groups excluding carboxylic acids is 1. The first kappa shape index (κ1) is 13.4. The Kier molecular flexibility index (Phi) is 4.90. The van der Waals surface area contributed by atoms with Gasteiger partial charge in [-0.05, 0) is 20.2 Å². The highest BCUT2D eigenvalue weighted by Crippen LogP contribution is 2.14. The molecule has 1 aromatic heterocycles. The van der Waals surface area contributed by atoms with Crippen molar-refractivity contribution < 1.29 is 4.79 Å². The number of hydrogen-bond donors (Lipinski definition) is 1. The molecule has 0 aromatic carbocycles. The van der Waals surface area contributed by atoms with E-state index in [1.807, 2.05) is 19.0 Å². The van der Waals surface area contributed by atoms with Crippen LogP contribution in [0, 0.1) is 0 Å². The van der Waals surface area contributed by atoms with E-state index in [1.165, 1.54) is 0 Å². The highest BCUT2D eigenvalue weighted by molar-refractivity contribution is 5.99. The number of likely N-dealkylation sites (N-methyl/N-ethyl adjacent to an activating group) is 2. The maximum atomic E-state index is 12.2. The summed E-state index contributed by atoms with van der Waals surface area (Å²) in [6, 6.07) is 1.80. The SMILES string of the molecule is CNc1ccncc1C(=O)N(C)CCN(C)C. The van der Waals surface area contributed by atoms with Crippen LogP contribution in [0.15, 0.2) is 18.5 Å². The lowest BCUT2D eigenvalue weighted by atomic mass is 10.2. The smallest absolute Gasteiger partial charge is 0.257 e. The van der Waals surface area contributed by atoms with Crippen molar-refractivity contribution in [2.24, 2.45) is 0 Å². The fourth-order valence-corrected chi connectivity index (χ4v) is 1.44. The highest BCUT2D eigenvalue weighted by Gasteiger charge is 2.15. The van der Waals surface area contributed by atoms with Gasteiger partial charge in [0.15, 0.2) is 0 Å². The third-order valence-corrected chi connectivity index (χ3v) is 2.55. The maximum absolute atomic E-state index is 12.2. The van der Waals surface area contributed by atoms with E-state index in [4.69, 9.17) is 0 Å². The van der Waals surface area contributed by atoms with Crippen LogP contribution in [0.4, 0.5) is 5.69 Å². The summed E-state index contributed by atoms with van der Waals surface area (Å²) < 4.78 is 0. The van der Waals surface area contributed by atoms with Gasteiger partial charge < -0.3 is 15.1 Å². The van der Waals surface area contributed by atoms with Crippen molar-refractivity contribution in [3.05, 3.63) is 24.0 Å². The van der Waals surface area contributed by atoms with Gasteiger partial charge in [-0.1, -0.05) is 0 Å². The molecule has 0 aliphatic carbocycles. The van der Waals surface area contributed by atoms with Gasteiger partial charge in [-0.15, -0.1) is 0 Å². The molecule has 17 heavy (non-hydrogen) atoms. The summed E-state index contributed by atoms with van der Waals surface area (Å²) in [5, 5.41) is 3.00. The molecule has 0 saturated carbocycles. The molecule has 0 aliphatic rings. The Balaban J connectivity index is 2.74. The average Bonchev–Trinajstić information content (AvgIpc) is 2.34. The van der Waals surface area contributed by atoms with Crippen LogP contribution in [0.2, 0.25) is 0 Å². The maximum Gasteiger partial charge on any atom is 0.257 e. The summed E-state index contributed by atoms with van der Waals surface area (Å²) in [6.07, 6.45) is 3.27. The number of aromatic nitrogens is 1. The molecule has 0 radical (unpaired) electrons. The first-order valence-electron chi connectivity index (χ1n) is 5.58. The van der Waals surface area contributed by atoms with Crippen LogP contribution >= 0.6 is 0 Å². The molecular weight excluding hydrogens is 216 g/mol. The average molecular weight is 236 g/mol. The van der Waals surface area contributed by atoms with Crippen LogP contribution in [0.25, 0.3) is 0 Å². The predicted octanol–water partition coefficient (Wildman–Crippen LogP) is 0.757. The van der Waals surface area contributed by atoms with Crippen molar-refractivity contribution >= 4 is 11.6 Å².